The van der Waals surface area contributed by atoms with E-state index in [4.69, 9.17) is 5.11 Å². The number of rotatable bonds is 2. The quantitative estimate of drug-likeness (QED) is 0.883. The van der Waals surface area contributed by atoms with Crippen LogP contribution in [0.1, 0.15) is 27.3 Å². The zero-order valence-corrected chi connectivity index (χ0v) is 11.0. The summed E-state index contributed by atoms with van der Waals surface area (Å²) in [5.74, 6) is -0.907. The van der Waals surface area contributed by atoms with Crippen molar-refractivity contribution < 1.29 is 9.90 Å². The second-order valence-electron chi connectivity index (χ2n) is 4.50. The minimum absolute atomic E-state index is 0.304. The van der Waals surface area contributed by atoms with Crippen molar-refractivity contribution in [1.82, 2.24) is 9.78 Å². The Balaban J connectivity index is 2.70. The molecule has 2 aromatic rings. The Morgan fingerprint density at radius 1 is 1.28 bits per heavy atom. The highest BCUT2D eigenvalue weighted by Gasteiger charge is 2.15. The van der Waals surface area contributed by atoms with Crippen LogP contribution in [0.5, 0.6) is 0 Å². The highest BCUT2D eigenvalue weighted by atomic mass is 16.4. The van der Waals surface area contributed by atoms with E-state index < -0.39 is 5.97 Å². The van der Waals surface area contributed by atoms with Gasteiger partial charge in [0.15, 0.2) is 0 Å². The van der Waals surface area contributed by atoms with Crippen LogP contribution in [0, 0.1) is 20.8 Å². The Hall–Kier alpha value is -2.10. The summed E-state index contributed by atoms with van der Waals surface area (Å²) < 4.78 is 1.82. The first-order valence-electron chi connectivity index (χ1n) is 5.76. The smallest absolute Gasteiger partial charge is 0.335 e. The van der Waals surface area contributed by atoms with Gasteiger partial charge in [0.1, 0.15) is 0 Å². The monoisotopic (exact) mass is 244 g/mol. The van der Waals surface area contributed by atoms with Crippen molar-refractivity contribution in [3.8, 4) is 11.1 Å². The molecule has 1 heterocycles. The molecule has 0 amide bonds. The summed E-state index contributed by atoms with van der Waals surface area (Å²) in [7, 11) is 1.89. The highest BCUT2D eigenvalue weighted by molar-refractivity contribution is 5.90. The van der Waals surface area contributed by atoms with E-state index in [2.05, 4.69) is 5.10 Å². The maximum Gasteiger partial charge on any atom is 0.335 e. The molecule has 18 heavy (non-hydrogen) atoms. The second-order valence-corrected chi connectivity index (χ2v) is 4.50. The van der Waals surface area contributed by atoms with E-state index in [0.29, 0.717) is 5.56 Å². The molecule has 94 valence electrons. The Labute approximate surface area is 106 Å². The minimum atomic E-state index is -0.907. The second kappa shape index (κ2) is 4.29. The van der Waals surface area contributed by atoms with Crippen LogP contribution in [0.4, 0.5) is 0 Å². The molecule has 0 spiro atoms. The SMILES string of the molecule is Cc1ccc(C(=O)O)cc1-c1c(C)nn(C)c1C. The van der Waals surface area contributed by atoms with Crippen LogP contribution in [0.25, 0.3) is 11.1 Å². The molecule has 1 aromatic heterocycles. The fraction of sp³-hybridized carbons (Fsp3) is 0.286. The summed E-state index contributed by atoms with van der Waals surface area (Å²) in [6, 6.07) is 5.18. The van der Waals surface area contributed by atoms with E-state index in [-0.39, 0.29) is 0 Å². The number of nitrogens with zero attached hydrogens (tertiary/aromatic N) is 2. The van der Waals surface area contributed by atoms with Gasteiger partial charge < -0.3 is 5.11 Å². The maximum atomic E-state index is 11.0. The lowest BCUT2D eigenvalue weighted by Gasteiger charge is -2.08. The van der Waals surface area contributed by atoms with Crippen molar-refractivity contribution in [3.05, 3.63) is 40.7 Å². The van der Waals surface area contributed by atoms with Gasteiger partial charge in [-0.25, -0.2) is 4.79 Å². The third-order valence-corrected chi connectivity index (χ3v) is 3.26. The average Bonchev–Trinajstić information content (AvgIpc) is 2.54. The summed E-state index contributed by atoms with van der Waals surface area (Å²) in [6.07, 6.45) is 0. The molecular formula is C14H16N2O2. The van der Waals surface area contributed by atoms with Crippen LogP contribution < -0.4 is 0 Å². The summed E-state index contributed by atoms with van der Waals surface area (Å²) in [5.41, 5.74) is 5.28. The average molecular weight is 244 g/mol. The van der Waals surface area contributed by atoms with E-state index in [9.17, 15) is 4.79 Å². The molecular weight excluding hydrogens is 228 g/mol. The van der Waals surface area contributed by atoms with E-state index in [1.165, 1.54) is 0 Å². The molecule has 0 saturated heterocycles. The molecule has 0 bridgehead atoms. The Morgan fingerprint density at radius 3 is 2.44 bits per heavy atom. The highest BCUT2D eigenvalue weighted by Crippen LogP contribution is 2.30. The summed E-state index contributed by atoms with van der Waals surface area (Å²) in [6.45, 7) is 5.91. The summed E-state index contributed by atoms with van der Waals surface area (Å²) in [5, 5.41) is 13.4. The van der Waals surface area contributed by atoms with Gasteiger partial charge in [-0.1, -0.05) is 6.07 Å². The molecule has 0 saturated carbocycles. The molecule has 0 aliphatic heterocycles. The first-order valence-corrected chi connectivity index (χ1v) is 5.76. The molecule has 4 nitrogen and oxygen atoms in total. The molecule has 0 unspecified atom stereocenters. The number of carboxylic acids is 1. The molecule has 1 N–H and O–H groups in total. The fourth-order valence-electron chi connectivity index (χ4n) is 2.19. The van der Waals surface area contributed by atoms with Gasteiger partial charge >= 0.3 is 5.97 Å². The van der Waals surface area contributed by atoms with E-state index >= 15 is 0 Å². The standard InChI is InChI=1S/C14H16N2O2/c1-8-5-6-11(14(17)18)7-12(8)13-9(2)15-16(4)10(13)3/h5-7H,1-4H3,(H,17,18). The normalized spacial score (nSPS) is 10.7. The zero-order chi connectivity index (χ0) is 13.4. The molecule has 4 heteroatoms. The van der Waals surface area contributed by atoms with Gasteiger partial charge in [0.05, 0.1) is 11.3 Å². The third kappa shape index (κ3) is 1.90. The lowest BCUT2D eigenvalue weighted by atomic mass is 9.96. The number of aromatic nitrogens is 2. The minimum Gasteiger partial charge on any atom is -0.478 e. The molecule has 0 fully saturated rings. The van der Waals surface area contributed by atoms with Crippen LogP contribution in [0.2, 0.25) is 0 Å². The number of aromatic carboxylic acids is 1. The van der Waals surface area contributed by atoms with Gasteiger partial charge in [-0.05, 0) is 44.0 Å². The Bertz CT molecular complexity index is 627. The maximum absolute atomic E-state index is 11.0. The van der Waals surface area contributed by atoms with Gasteiger partial charge in [0.25, 0.3) is 0 Å². The van der Waals surface area contributed by atoms with Gasteiger partial charge in [-0.2, -0.15) is 5.10 Å². The number of benzene rings is 1. The van der Waals surface area contributed by atoms with Crippen LogP contribution >= 0.6 is 0 Å². The zero-order valence-electron chi connectivity index (χ0n) is 11.0. The molecule has 1 aromatic carbocycles. The Kier molecular flexibility index (Phi) is 2.95. The van der Waals surface area contributed by atoms with E-state index in [0.717, 1.165) is 28.1 Å². The Morgan fingerprint density at radius 2 is 1.94 bits per heavy atom. The van der Waals surface area contributed by atoms with E-state index in [1.54, 1.807) is 12.1 Å². The number of carbonyl (C=O) groups is 1. The molecule has 0 radical (unpaired) electrons. The number of hydrogen-bond donors (Lipinski definition) is 1. The first kappa shape index (κ1) is 12.4. The van der Waals surface area contributed by atoms with Gasteiger partial charge in [-0.15, -0.1) is 0 Å². The predicted molar refractivity (Wildman–Crippen MR) is 69.8 cm³/mol. The molecule has 0 aliphatic rings. The first-order chi connectivity index (χ1) is 8.41. The fourth-order valence-corrected chi connectivity index (χ4v) is 2.19. The van der Waals surface area contributed by atoms with Gasteiger partial charge in [0.2, 0.25) is 0 Å². The number of hydrogen-bond acceptors (Lipinski definition) is 2. The molecule has 2 rings (SSSR count). The van der Waals surface area contributed by atoms with Crippen molar-refractivity contribution in [2.24, 2.45) is 7.05 Å². The van der Waals surface area contributed by atoms with Crippen LogP contribution in [-0.2, 0) is 7.05 Å². The van der Waals surface area contributed by atoms with Gasteiger partial charge in [0, 0.05) is 18.3 Å². The van der Waals surface area contributed by atoms with Crippen molar-refractivity contribution in [3.63, 3.8) is 0 Å². The molecule has 0 aliphatic carbocycles. The van der Waals surface area contributed by atoms with E-state index in [1.807, 2.05) is 38.6 Å². The third-order valence-electron chi connectivity index (χ3n) is 3.26. The van der Waals surface area contributed by atoms with Crippen LogP contribution in [-0.4, -0.2) is 20.9 Å². The predicted octanol–water partition coefficient (Wildman–Crippen LogP) is 2.71. The van der Waals surface area contributed by atoms with Crippen LogP contribution in [0.15, 0.2) is 18.2 Å². The summed E-state index contributed by atoms with van der Waals surface area (Å²) >= 11 is 0. The van der Waals surface area contributed by atoms with Crippen molar-refractivity contribution in [2.45, 2.75) is 20.8 Å². The summed E-state index contributed by atoms with van der Waals surface area (Å²) in [4.78, 5) is 11.0. The lowest BCUT2D eigenvalue weighted by Crippen LogP contribution is -1.98. The van der Waals surface area contributed by atoms with Crippen molar-refractivity contribution in [1.29, 1.82) is 0 Å². The van der Waals surface area contributed by atoms with Crippen LogP contribution in [0.3, 0.4) is 0 Å². The largest absolute Gasteiger partial charge is 0.478 e. The lowest BCUT2D eigenvalue weighted by molar-refractivity contribution is 0.0697. The number of aryl methyl sites for hydroxylation is 3. The molecule has 0 atom stereocenters. The van der Waals surface area contributed by atoms with Gasteiger partial charge in [-0.3, -0.25) is 4.68 Å². The topological polar surface area (TPSA) is 55.1 Å². The van der Waals surface area contributed by atoms with Crippen molar-refractivity contribution in [2.75, 3.05) is 0 Å². The van der Waals surface area contributed by atoms with Crippen molar-refractivity contribution >= 4 is 5.97 Å². The number of carboxylic acid groups (broad SMARTS) is 1.